The van der Waals surface area contributed by atoms with Crippen LogP contribution < -0.4 is 0 Å². The van der Waals surface area contributed by atoms with Gasteiger partial charge < -0.3 is 10.0 Å². The van der Waals surface area contributed by atoms with Crippen LogP contribution in [0.15, 0.2) is 0 Å². The fraction of sp³-hybridized carbons (Fsp3) is 0.846. The average molecular weight is 238 g/mol. The quantitative estimate of drug-likeness (QED) is 0.766. The molecule has 0 aliphatic heterocycles. The Morgan fingerprint density at radius 3 is 2.59 bits per heavy atom. The van der Waals surface area contributed by atoms with Gasteiger partial charge in [-0.25, -0.2) is 0 Å². The highest BCUT2D eigenvalue weighted by molar-refractivity contribution is 5.85. The summed E-state index contributed by atoms with van der Waals surface area (Å²) in [5, 5.41) is 18.0. The van der Waals surface area contributed by atoms with Gasteiger partial charge in [0.1, 0.15) is 5.41 Å². The number of amides is 1. The molecule has 0 spiro atoms. The maximum Gasteiger partial charge on any atom is 0.242 e. The lowest BCUT2D eigenvalue weighted by molar-refractivity contribution is -0.142. The van der Waals surface area contributed by atoms with E-state index in [9.17, 15) is 4.79 Å². The lowest BCUT2D eigenvalue weighted by Gasteiger charge is -2.40. The number of aliphatic hydroxyl groups is 1. The van der Waals surface area contributed by atoms with Gasteiger partial charge in [-0.1, -0.05) is 6.92 Å². The molecule has 1 aliphatic rings. The summed E-state index contributed by atoms with van der Waals surface area (Å²) in [4.78, 5) is 14.2. The van der Waals surface area contributed by atoms with Crippen LogP contribution in [0, 0.1) is 16.7 Å². The van der Waals surface area contributed by atoms with Gasteiger partial charge in [0, 0.05) is 19.2 Å². The molecule has 1 saturated carbocycles. The van der Waals surface area contributed by atoms with Gasteiger partial charge in [-0.05, 0) is 39.0 Å². The minimum absolute atomic E-state index is 0.0688. The molecule has 1 aliphatic carbocycles. The molecule has 1 rings (SSSR count). The molecule has 0 saturated heterocycles. The van der Waals surface area contributed by atoms with Gasteiger partial charge in [0.15, 0.2) is 0 Å². The zero-order valence-corrected chi connectivity index (χ0v) is 10.8. The molecule has 1 atom stereocenters. The molecule has 1 amide bonds. The van der Waals surface area contributed by atoms with Gasteiger partial charge in [-0.2, -0.15) is 5.26 Å². The summed E-state index contributed by atoms with van der Waals surface area (Å²) in [7, 11) is 0. The average Bonchev–Trinajstić information content (AvgIpc) is 2.30. The van der Waals surface area contributed by atoms with Crippen molar-refractivity contribution in [3.05, 3.63) is 0 Å². The van der Waals surface area contributed by atoms with Crippen molar-refractivity contribution >= 4 is 5.91 Å². The number of rotatable bonds is 6. The van der Waals surface area contributed by atoms with E-state index in [4.69, 9.17) is 10.4 Å². The lowest BCUT2D eigenvalue weighted by Crippen LogP contribution is -2.50. The minimum Gasteiger partial charge on any atom is -0.396 e. The van der Waals surface area contributed by atoms with Crippen LogP contribution >= 0.6 is 0 Å². The van der Waals surface area contributed by atoms with Gasteiger partial charge in [-0.3, -0.25) is 4.79 Å². The highest BCUT2D eigenvalue weighted by Crippen LogP contribution is 2.30. The standard InChI is InChI=1S/C13H22N2O2/c1-3-13(2,10-14)12(17)15(8-5-9-16)11-6-4-7-11/h11,16H,3-9H2,1-2H3. The van der Waals surface area contributed by atoms with Crippen molar-refractivity contribution in [1.29, 1.82) is 5.26 Å². The first-order valence-corrected chi connectivity index (χ1v) is 6.42. The zero-order valence-electron chi connectivity index (χ0n) is 10.8. The molecule has 1 fully saturated rings. The highest BCUT2D eigenvalue weighted by atomic mass is 16.3. The molecular formula is C13H22N2O2. The van der Waals surface area contributed by atoms with E-state index in [0.29, 0.717) is 19.4 Å². The Bertz CT molecular complexity index is 307. The van der Waals surface area contributed by atoms with Crippen LogP contribution in [0.5, 0.6) is 0 Å². The number of nitriles is 1. The number of aliphatic hydroxyl groups excluding tert-OH is 1. The van der Waals surface area contributed by atoms with Gasteiger partial charge in [-0.15, -0.1) is 0 Å². The zero-order chi connectivity index (χ0) is 12.9. The van der Waals surface area contributed by atoms with E-state index in [1.165, 1.54) is 0 Å². The summed E-state index contributed by atoms with van der Waals surface area (Å²) in [5.41, 5.74) is -0.912. The summed E-state index contributed by atoms with van der Waals surface area (Å²) < 4.78 is 0. The highest BCUT2D eigenvalue weighted by Gasteiger charge is 2.39. The molecule has 0 bridgehead atoms. The van der Waals surface area contributed by atoms with E-state index in [2.05, 4.69) is 6.07 Å². The molecule has 17 heavy (non-hydrogen) atoms. The molecule has 4 nitrogen and oxygen atoms in total. The second-order valence-electron chi connectivity index (χ2n) is 4.96. The van der Waals surface area contributed by atoms with Gasteiger partial charge in [0.2, 0.25) is 5.91 Å². The fourth-order valence-electron chi connectivity index (χ4n) is 1.98. The third-order valence-electron chi connectivity index (χ3n) is 3.76. The summed E-state index contributed by atoms with van der Waals surface area (Å²) in [6.45, 7) is 4.23. The van der Waals surface area contributed by atoms with Crippen molar-refractivity contribution < 1.29 is 9.90 Å². The summed E-state index contributed by atoms with van der Waals surface area (Å²) >= 11 is 0. The molecule has 96 valence electrons. The summed E-state index contributed by atoms with van der Waals surface area (Å²) in [6, 6.07) is 2.42. The van der Waals surface area contributed by atoms with Gasteiger partial charge in [0.25, 0.3) is 0 Å². The molecule has 1 unspecified atom stereocenters. The van der Waals surface area contributed by atoms with Crippen molar-refractivity contribution in [2.24, 2.45) is 5.41 Å². The Balaban J connectivity index is 2.74. The molecule has 4 heteroatoms. The Morgan fingerprint density at radius 1 is 1.59 bits per heavy atom. The first kappa shape index (κ1) is 14.0. The maximum absolute atomic E-state index is 12.4. The van der Waals surface area contributed by atoms with Crippen LogP contribution in [0.3, 0.4) is 0 Å². The predicted molar refractivity (Wildman–Crippen MR) is 65.1 cm³/mol. The Labute approximate surface area is 103 Å². The molecule has 0 heterocycles. The third kappa shape index (κ3) is 2.98. The van der Waals surface area contributed by atoms with Crippen molar-refractivity contribution in [2.45, 2.75) is 52.0 Å². The van der Waals surface area contributed by atoms with Crippen LogP contribution in [0.25, 0.3) is 0 Å². The molecule has 0 aromatic heterocycles. The summed E-state index contributed by atoms with van der Waals surface area (Å²) in [6.07, 6.45) is 4.34. The lowest BCUT2D eigenvalue weighted by atomic mass is 9.84. The van der Waals surface area contributed by atoms with Crippen molar-refractivity contribution in [1.82, 2.24) is 4.90 Å². The molecule has 0 aromatic rings. The number of hydrogen-bond acceptors (Lipinski definition) is 3. The van der Waals surface area contributed by atoms with Crippen molar-refractivity contribution in [3.8, 4) is 6.07 Å². The van der Waals surface area contributed by atoms with E-state index < -0.39 is 5.41 Å². The van der Waals surface area contributed by atoms with Crippen LogP contribution in [0.2, 0.25) is 0 Å². The first-order chi connectivity index (χ1) is 8.09. The van der Waals surface area contributed by atoms with Crippen LogP contribution in [0.4, 0.5) is 0 Å². The fourth-order valence-corrected chi connectivity index (χ4v) is 1.98. The normalized spacial score (nSPS) is 18.9. The van der Waals surface area contributed by atoms with Gasteiger partial charge in [0.05, 0.1) is 6.07 Å². The topological polar surface area (TPSA) is 64.3 Å². The van der Waals surface area contributed by atoms with Crippen LogP contribution in [-0.2, 0) is 4.79 Å². The van der Waals surface area contributed by atoms with Crippen molar-refractivity contribution in [2.75, 3.05) is 13.2 Å². The minimum atomic E-state index is -0.912. The summed E-state index contributed by atoms with van der Waals surface area (Å²) in [5.74, 6) is -0.0688. The Hall–Kier alpha value is -1.08. The Kier molecular flexibility index (Phi) is 4.95. The number of nitrogens with zero attached hydrogens (tertiary/aromatic N) is 2. The second-order valence-corrected chi connectivity index (χ2v) is 4.96. The van der Waals surface area contributed by atoms with E-state index in [1.807, 2.05) is 11.8 Å². The predicted octanol–water partition coefficient (Wildman–Crippen LogP) is 1.69. The first-order valence-electron chi connectivity index (χ1n) is 6.42. The van der Waals surface area contributed by atoms with Crippen LogP contribution in [0.1, 0.15) is 46.0 Å². The molecule has 0 radical (unpaired) electrons. The Morgan fingerprint density at radius 2 is 2.24 bits per heavy atom. The smallest absolute Gasteiger partial charge is 0.242 e. The van der Waals surface area contributed by atoms with Gasteiger partial charge >= 0.3 is 0 Å². The van der Waals surface area contributed by atoms with Crippen LogP contribution in [-0.4, -0.2) is 35.1 Å². The number of carbonyl (C=O) groups is 1. The van der Waals surface area contributed by atoms with E-state index in [-0.39, 0.29) is 18.6 Å². The monoisotopic (exact) mass is 238 g/mol. The van der Waals surface area contributed by atoms with Crippen molar-refractivity contribution in [3.63, 3.8) is 0 Å². The third-order valence-corrected chi connectivity index (χ3v) is 3.76. The second kappa shape index (κ2) is 6.02. The molecule has 1 N–H and O–H groups in total. The molecule has 0 aromatic carbocycles. The van der Waals surface area contributed by atoms with E-state index in [0.717, 1.165) is 19.3 Å². The number of carbonyl (C=O) groups excluding carboxylic acids is 1. The largest absolute Gasteiger partial charge is 0.396 e. The van der Waals surface area contributed by atoms with E-state index in [1.54, 1.807) is 6.92 Å². The number of hydrogen-bond donors (Lipinski definition) is 1. The SMILES string of the molecule is CCC(C)(C#N)C(=O)N(CCCO)C1CCC1. The van der Waals surface area contributed by atoms with E-state index >= 15 is 0 Å². The maximum atomic E-state index is 12.4. The molecular weight excluding hydrogens is 216 g/mol.